The molecule has 0 radical (unpaired) electrons. The van der Waals surface area contributed by atoms with Gasteiger partial charge in [0.05, 0.1) is 0 Å². The molecular weight excluding hydrogens is 198 g/mol. The smallest absolute Gasteiger partial charge is 0.0321 e. The fourth-order valence-electron chi connectivity index (χ4n) is 2.46. The summed E-state index contributed by atoms with van der Waals surface area (Å²) in [5.74, 6) is 0.752. The summed E-state index contributed by atoms with van der Waals surface area (Å²) in [4.78, 5) is 0. The number of nitrogen functional groups attached to an aromatic ring is 1. The highest BCUT2D eigenvalue weighted by atomic mass is 14.9. The van der Waals surface area contributed by atoms with Gasteiger partial charge in [0.1, 0.15) is 0 Å². The highest BCUT2D eigenvalue weighted by Gasteiger charge is 2.20. The van der Waals surface area contributed by atoms with Crippen molar-refractivity contribution in [2.75, 3.05) is 18.8 Å². The van der Waals surface area contributed by atoms with Crippen LogP contribution in [0.4, 0.5) is 5.69 Å². The van der Waals surface area contributed by atoms with Crippen LogP contribution in [0.1, 0.15) is 30.9 Å². The van der Waals surface area contributed by atoms with E-state index < -0.39 is 0 Å². The second kappa shape index (κ2) is 5.32. The molecule has 1 fully saturated rings. The summed E-state index contributed by atoms with van der Waals surface area (Å²) in [5.41, 5.74) is 13.5. The summed E-state index contributed by atoms with van der Waals surface area (Å²) in [5, 5.41) is 3.59. The van der Waals surface area contributed by atoms with E-state index in [4.69, 9.17) is 11.5 Å². The van der Waals surface area contributed by atoms with Gasteiger partial charge in [-0.25, -0.2) is 0 Å². The third-order valence-electron chi connectivity index (χ3n) is 3.40. The number of nitrogens with two attached hydrogens (primary N) is 2. The van der Waals surface area contributed by atoms with Crippen molar-refractivity contribution in [1.82, 2.24) is 5.32 Å². The topological polar surface area (TPSA) is 64.1 Å². The molecule has 0 spiro atoms. The van der Waals surface area contributed by atoms with E-state index in [0.29, 0.717) is 6.04 Å². The van der Waals surface area contributed by atoms with E-state index in [-0.39, 0.29) is 0 Å². The van der Waals surface area contributed by atoms with E-state index >= 15 is 0 Å². The van der Waals surface area contributed by atoms with Crippen LogP contribution in [0.25, 0.3) is 0 Å². The number of hydrogen-bond donors (Lipinski definition) is 3. The average Bonchev–Trinajstić information content (AvgIpc) is 2.30. The number of hydrogen-bond acceptors (Lipinski definition) is 3. The molecule has 1 heterocycles. The predicted octanol–water partition coefficient (Wildman–Crippen LogP) is 1.66. The Balaban J connectivity index is 1.94. The van der Waals surface area contributed by atoms with E-state index in [1.54, 1.807) is 0 Å². The van der Waals surface area contributed by atoms with Gasteiger partial charge in [-0.1, -0.05) is 12.1 Å². The SMILES string of the molecule is NCCC1CCC(c2cccc(N)c2)NC1. The zero-order chi connectivity index (χ0) is 11.4. The van der Waals surface area contributed by atoms with Gasteiger partial charge in [0.2, 0.25) is 0 Å². The Morgan fingerprint density at radius 1 is 1.31 bits per heavy atom. The van der Waals surface area contributed by atoms with Crippen molar-refractivity contribution in [1.29, 1.82) is 0 Å². The van der Waals surface area contributed by atoms with Gasteiger partial charge >= 0.3 is 0 Å². The molecule has 1 aromatic rings. The lowest BCUT2D eigenvalue weighted by atomic mass is 9.89. The zero-order valence-corrected chi connectivity index (χ0v) is 9.65. The third-order valence-corrected chi connectivity index (χ3v) is 3.40. The largest absolute Gasteiger partial charge is 0.399 e. The van der Waals surface area contributed by atoms with E-state index in [2.05, 4.69) is 17.4 Å². The maximum atomic E-state index is 5.80. The first-order valence-electron chi connectivity index (χ1n) is 6.08. The van der Waals surface area contributed by atoms with Crippen molar-refractivity contribution in [3.63, 3.8) is 0 Å². The van der Waals surface area contributed by atoms with Crippen LogP contribution in [0.3, 0.4) is 0 Å². The summed E-state index contributed by atoms with van der Waals surface area (Å²) in [7, 11) is 0. The third kappa shape index (κ3) is 2.74. The van der Waals surface area contributed by atoms with Crippen molar-refractivity contribution < 1.29 is 0 Å². The van der Waals surface area contributed by atoms with Crippen molar-refractivity contribution in [2.45, 2.75) is 25.3 Å². The maximum Gasteiger partial charge on any atom is 0.0321 e. The standard InChI is InChI=1S/C13H21N3/c14-7-6-10-4-5-13(16-9-10)11-2-1-3-12(15)8-11/h1-3,8,10,13,16H,4-7,9,14-15H2. The molecule has 0 amide bonds. The van der Waals surface area contributed by atoms with Gasteiger partial charge in [-0.15, -0.1) is 0 Å². The molecule has 16 heavy (non-hydrogen) atoms. The molecule has 2 rings (SSSR count). The number of anilines is 1. The number of benzene rings is 1. The Morgan fingerprint density at radius 2 is 2.19 bits per heavy atom. The fraction of sp³-hybridized carbons (Fsp3) is 0.538. The normalized spacial score (nSPS) is 25.6. The molecule has 0 aromatic heterocycles. The molecule has 0 aliphatic carbocycles. The summed E-state index contributed by atoms with van der Waals surface area (Å²) in [6.07, 6.45) is 3.59. The first-order valence-corrected chi connectivity index (χ1v) is 6.08. The number of rotatable bonds is 3. The lowest BCUT2D eigenvalue weighted by Crippen LogP contribution is -2.34. The minimum absolute atomic E-state index is 0.470. The Kier molecular flexibility index (Phi) is 3.80. The van der Waals surface area contributed by atoms with Gasteiger partial charge in [0, 0.05) is 11.7 Å². The molecule has 1 aromatic carbocycles. The molecule has 0 bridgehead atoms. The Morgan fingerprint density at radius 3 is 2.81 bits per heavy atom. The van der Waals surface area contributed by atoms with Crippen molar-refractivity contribution in [3.05, 3.63) is 29.8 Å². The monoisotopic (exact) mass is 219 g/mol. The summed E-state index contributed by atoms with van der Waals surface area (Å²) in [6.45, 7) is 1.88. The van der Waals surface area contributed by atoms with Crippen LogP contribution in [-0.4, -0.2) is 13.1 Å². The molecular formula is C13H21N3. The molecule has 1 aliphatic heterocycles. The van der Waals surface area contributed by atoms with E-state index in [1.165, 1.54) is 18.4 Å². The Bertz CT molecular complexity index is 330. The molecule has 2 unspecified atom stereocenters. The van der Waals surface area contributed by atoms with E-state index in [1.807, 2.05) is 12.1 Å². The van der Waals surface area contributed by atoms with Gasteiger partial charge in [-0.3, -0.25) is 0 Å². The Labute approximate surface area is 97.2 Å². The summed E-state index contributed by atoms with van der Waals surface area (Å²) < 4.78 is 0. The lowest BCUT2D eigenvalue weighted by Gasteiger charge is -2.30. The molecule has 1 saturated heterocycles. The molecule has 0 saturated carbocycles. The van der Waals surface area contributed by atoms with Gasteiger partial charge in [0.25, 0.3) is 0 Å². The predicted molar refractivity (Wildman–Crippen MR) is 68.0 cm³/mol. The van der Waals surface area contributed by atoms with Crippen molar-refractivity contribution in [2.24, 2.45) is 11.7 Å². The minimum Gasteiger partial charge on any atom is -0.399 e. The first kappa shape index (κ1) is 11.4. The molecule has 3 nitrogen and oxygen atoms in total. The van der Waals surface area contributed by atoms with Crippen LogP contribution in [0.2, 0.25) is 0 Å². The summed E-state index contributed by atoms with van der Waals surface area (Å²) >= 11 is 0. The maximum absolute atomic E-state index is 5.80. The van der Waals surface area contributed by atoms with Crippen LogP contribution >= 0.6 is 0 Å². The second-order valence-corrected chi connectivity index (χ2v) is 4.65. The van der Waals surface area contributed by atoms with Gasteiger partial charge < -0.3 is 16.8 Å². The first-order chi connectivity index (χ1) is 7.79. The van der Waals surface area contributed by atoms with Crippen molar-refractivity contribution in [3.8, 4) is 0 Å². The highest BCUT2D eigenvalue weighted by molar-refractivity contribution is 5.41. The van der Waals surface area contributed by atoms with Crippen LogP contribution in [-0.2, 0) is 0 Å². The highest BCUT2D eigenvalue weighted by Crippen LogP contribution is 2.27. The number of piperidine rings is 1. The van der Waals surface area contributed by atoms with Gasteiger partial charge in [-0.05, 0) is 56.0 Å². The van der Waals surface area contributed by atoms with Crippen LogP contribution in [0.5, 0.6) is 0 Å². The van der Waals surface area contributed by atoms with Crippen LogP contribution in [0, 0.1) is 5.92 Å². The molecule has 3 heteroatoms. The average molecular weight is 219 g/mol. The number of nitrogens with one attached hydrogen (secondary N) is 1. The zero-order valence-electron chi connectivity index (χ0n) is 9.65. The quantitative estimate of drug-likeness (QED) is 0.677. The molecule has 1 aliphatic rings. The van der Waals surface area contributed by atoms with Gasteiger partial charge in [-0.2, -0.15) is 0 Å². The fourth-order valence-corrected chi connectivity index (χ4v) is 2.46. The van der Waals surface area contributed by atoms with Crippen LogP contribution < -0.4 is 16.8 Å². The molecule has 2 atom stereocenters. The van der Waals surface area contributed by atoms with Crippen LogP contribution in [0.15, 0.2) is 24.3 Å². The lowest BCUT2D eigenvalue weighted by molar-refractivity contribution is 0.304. The van der Waals surface area contributed by atoms with Crippen molar-refractivity contribution >= 4 is 5.69 Å². The van der Waals surface area contributed by atoms with E-state index in [9.17, 15) is 0 Å². The summed E-state index contributed by atoms with van der Waals surface area (Å²) in [6, 6.07) is 8.65. The molecule has 88 valence electrons. The van der Waals surface area contributed by atoms with E-state index in [0.717, 1.165) is 31.1 Å². The minimum atomic E-state index is 0.470. The second-order valence-electron chi connectivity index (χ2n) is 4.65. The Hall–Kier alpha value is -1.06. The molecule has 5 N–H and O–H groups in total. The van der Waals surface area contributed by atoms with Gasteiger partial charge in [0.15, 0.2) is 0 Å².